The number of rotatable bonds is 6. The van der Waals surface area contributed by atoms with Crippen LogP contribution in [-0.4, -0.2) is 50.5 Å². The molecule has 2 aliphatic heterocycles. The molecule has 0 aromatic heterocycles. The number of hydrogen-bond donors (Lipinski definition) is 2. The molecule has 128 valence electrons. The molecule has 2 bridgehead atoms. The van der Waals surface area contributed by atoms with Crippen molar-refractivity contribution in [1.82, 2.24) is 10.6 Å². The molecule has 3 fully saturated rings. The third kappa shape index (κ3) is 4.96. The minimum Gasteiger partial charge on any atom is -0.378 e. The molecule has 0 aromatic rings. The van der Waals surface area contributed by atoms with Gasteiger partial charge in [0.05, 0.1) is 24.4 Å². The smallest absolute Gasteiger partial charge is 0.191 e. The van der Waals surface area contributed by atoms with Crippen LogP contribution < -0.4 is 10.6 Å². The van der Waals surface area contributed by atoms with Gasteiger partial charge >= 0.3 is 0 Å². The molecule has 1 aliphatic carbocycles. The molecule has 0 aromatic carbocycles. The monoisotopic (exact) mass is 423 g/mol. The molecule has 0 radical (unpaired) electrons. The van der Waals surface area contributed by atoms with E-state index in [1.54, 1.807) is 0 Å². The molecule has 2 heterocycles. The van der Waals surface area contributed by atoms with Crippen LogP contribution in [0.5, 0.6) is 0 Å². The quantitative estimate of drug-likeness (QED) is 0.298. The second kappa shape index (κ2) is 9.27. The van der Waals surface area contributed by atoms with Gasteiger partial charge in [0.25, 0.3) is 0 Å². The van der Waals surface area contributed by atoms with E-state index in [0.717, 1.165) is 32.0 Å². The molecule has 22 heavy (non-hydrogen) atoms. The first-order valence-corrected chi connectivity index (χ1v) is 8.59. The Morgan fingerprint density at radius 1 is 1.23 bits per heavy atom. The lowest BCUT2D eigenvalue weighted by Crippen LogP contribution is -2.47. The highest BCUT2D eigenvalue weighted by atomic mass is 127. The molecular formula is C16H30IN3O2. The van der Waals surface area contributed by atoms with E-state index in [1.165, 1.54) is 38.5 Å². The van der Waals surface area contributed by atoms with Crippen LogP contribution in [0.2, 0.25) is 0 Å². The van der Waals surface area contributed by atoms with Gasteiger partial charge in [0.2, 0.25) is 0 Å². The largest absolute Gasteiger partial charge is 0.378 e. The fraction of sp³-hybridized carbons (Fsp3) is 0.938. The van der Waals surface area contributed by atoms with Gasteiger partial charge in [-0.25, -0.2) is 0 Å². The fourth-order valence-electron chi connectivity index (χ4n) is 3.74. The summed E-state index contributed by atoms with van der Waals surface area (Å²) in [7, 11) is 1.83. The highest BCUT2D eigenvalue weighted by molar-refractivity contribution is 14.0. The molecule has 3 unspecified atom stereocenters. The normalized spacial score (nSPS) is 31.3. The van der Waals surface area contributed by atoms with Crippen LogP contribution in [0, 0.1) is 0 Å². The van der Waals surface area contributed by atoms with Crippen molar-refractivity contribution in [2.24, 2.45) is 4.99 Å². The van der Waals surface area contributed by atoms with Gasteiger partial charge in [-0.2, -0.15) is 0 Å². The van der Waals surface area contributed by atoms with Crippen LogP contribution >= 0.6 is 24.0 Å². The van der Waals surface area contributed by atoms with Gasteiger partial charge in [-0.3, -0.25) is 4.99 Å². The highest BCUT2D eigenvalue weighted by Crippen LogP contribution is 2.34. The second-order valence-corrected chi connectivity index (χ2v) is 6.49. The van der Waals surface area contributed by atoms with Crippen LogP contribution in [0.3, 0.4) is 0 Å². The Morgan fingerprint density at radius 3 is 2.68 bits per heavy atom. The Labute approximate surface area is 151 Å². The van der Waals surface area contributed by atoms with E-state index in [0.29, 0.717) is 24.4 Å². The van der Waals surface area contributed by atoms with Gasteiger partial charge in [-0.15, -0.1) is 24.0 Å². The number of nitrogens with one attached hydrogen (secondary N) is 2. The lowest BCUT2D eigenvalue weighted by molar-refractivity contribution is 0.0573. The third-order valence-electron chi connectivity index (χ3n) is 4.92. The van der Waals surface area contributed by atoms with Crippen molar-refractivity contribution < 1.29 is 9.47 Å². The van der Waals surface area contributed by atoms with Gasteiger partial charge in [-0.1, -0.05) is 12.8 Å². The van der Waals surface area contributed by atoms with Crippen molar-refractivity contribution in [3.8, 4) is 0 Å². The van der Waals surface area contributed by atoms with Gasteiger partial charge in [0.15, 0.2) is 5.96 Å². The average Bonchev–Trinajstić information content (AvgIpc) is 3.23. The number of halogens is 1. The number of hydrogen-bond acceptors (Lipinski definition) is 3. The van der Waals surface area contributed by atoms with Crippen molar-refractivity contribution in [3.05, 3.63) is 0 Å². The van der Waals surface area contributed by atoms with E-state index in [2.05, 4.69) is 15.6 Å². The topological polar surface area (TPSA) is 54.9 Å². The molecule has 0 spiro atoms. The summed E-state index contributed by atoms with van der Waals surface area (Å²) in [6.45, 7) is 1.76. The minimum absolute atomic E-state index is 0. The molecular weight excluding hydrogens is 393 g/mol. The fourth-order valence-corrected chi connectivity index (χ4v) is 3.74. The van der Waals surface area contributed by atoms with Gasteiger partial charge in [0.1, 0.15) is 0 Å². The first kappa shape index (κ1) is 18.3. The Bertz CT molecular complexity index is 361. The number of ether oxygens (including phenoxy) is 2. The van der Waals surface area contributed by atoms with Gasteiger partial charge < -0.3 is 20.1 Å². The minimum atomic E-state index is 0. The van der Waals surface area contributed by atoms with Crippen LogP contribution in [0.25, 0.3) is 0 Å². The summed E-state index contributed by atoms with van der Waals surface area (Å²) in [5.41, 5.74) is 0. The van der Waals surface area contributed by atoms with Crippen molar-refractivity contribution in [2.45, 2.75) is 75.7 Å². The Balaban J connectivity index is 0.00000176. The number of guanidine groups is 1. The van der Waals surface area contributed by atoms with Crippen molar-refractivity contribution in [3.63, 3.8) is 0 Å². The molecule has 3 rings (SSSR count). The van der Waals surface area contributed by atoms with E-state index in [9.17, 15) is 0 Å². The van der Waals surface area contributed by atoms with E-state index in [4.69, 9.17) is 9.47 Å². The maximum atomic E-state index is 5.87. The molecule has 2 N–H and O–H groups in total. The van der Waals surface area contributed by atoms with Crippen LogP contribution in [-0.2, 0) is 9.47 Å². The summed E-state index contributed by atoms with van der Waals surface area (Å²) >= 11 is 0. The first-order chi connectivity index (χ1) is 10.3. The zero-order valence-corrected chi connectivity index (χ0v) is 15.9. The third-order valence-corrected chi connectivity index (χ3v) is 4.92. The van der Waals surface area contributed by atoms with E-state index in [-0.39, 0.29) is 24.0 Å². The SMILES string of the molecule is CN=C(NCCCOC1CCCC1)NC1CC2CCC1O2.I. The number of fused-ring (bicyclic) bond motifs is 2. The van der Waals surface area contributed by atoms with Gasteiger partial charge in [-0.05, 0) is 38.5 Å². The molecule has 3 aliphatic rings. The molecule has 1 saturated carbocycles. The van der Waals surface area contributed by atoms with E-state index >= 15 is 0 Å². The summed E-state index contributed by atoms with van der Waals surface area (Å²) in [6.07, 6.45) is 11.1. The van der Waals surface area contributed by atoms with Crippen molar-refractivity contribution in [2.75, 3.05) is 20.2 Å². The Hall–Kier alpha value is -0.0800. The van der Waals surface area contributed by atoms with Crippen LogP contribution in [0.15, 0.2) is 4.99 Å². The zero-order chi connectivity index (χ0) is 14.5. The molecule has 2 saturated heterocycles. The Morgan fingerprint density at radius 2 is 2.05 bits per heavy atom. The zero-order valence-electron chi connectivity index (χ0n) is 13.6. The lowest BCUT2D eigenvalue weighted by atomic mass is 9.96. The maximum absolute atomic E-state index is 5.87. The summed E-state index contributed by atoms with van der Waals surface area (Å²) in [5, 5.41) is 6.89. The highest BCUT2D eigenvalue weighted by Gasteiger charge is 2.41. The molecule has 6 heteroatoms. The van der Waals surface area contributed by atoms with Crippen LogP contribution in [0.4, 0.5) is 0 Å². The van der Waals surface area contributed by atoms with E-state index < -0.39 is 0 Å². The number of aliphatic imine (C=N–C) groups is 1. The molecule has 3 atom stereocenters. The second-order valence-electron chi connectivity index (χ2n) is 6.49. The first-order valence-electron chi connectivity index (χ1n) is 8.59. The summed E-state index contributed by atoms with van der Waals surface area (Å²) in [5.74, 6) is 0.900. The summed E-state index contributed by atoms with van der Waals surface area (Å²) in [4.78, 5) is 4.31. The maximum Gasteiger partial charge on any atom is 0.191 e. The molecule has 5 nitrogen and oxygen atoms in total. The van der Waals surface area contributed by atoms with Crippen molar-refractivity contribution >= 4 is 29.9 Å². The van der Waals surface area contributed by atoms with Crippen LogP contribution in [0.1, 0.15) is 51.4 Å². The van der Waals surface area contributed by atoms with E-state index in [1.807, 2.05) is 7.05 Å². The molecule has 0 amide bonds. The predicted molar refractivity (Wildman–Crippen MR) is 99.0 cm³/mol. The van der Waals surface area contributed by atoms with Crippen molar-refractivity contribution in [1.29, 1.82) is 0 Å². The van der Waals surface area contributed by atoms with Gasteiger partial charge in [0, 0.05) is 20.2 Å². The standard InChI is InChI=1S/C16H29N3O2.HI/c1-17-16(19-14-11-13-7-8-15(14)21-13)18-9-4-10-20-12-5-2-3-6-12;/h12-15H,2-11H2,1H3,(H2,17,18,19);1H. The summed E-state index contributed by atoms with van der Waals surface area (Å²) in [6, 6.07) is 0.435. The number of nitrogens with zero attached hydrogens (tertiary/aromatic N) is 1. The summed E-state index contributed by atoms with van der Waals surface area (Å²) < 4.78 is 11.7. The Kier molecular flexibility index (Phi) is 7.70. The predicted octanol–water partition coefficient (Wildman–Crippen LogP) is 2.44. The lowest BCUT2D eigenvalue weighted by Gasteiger charge is -2.22. The average molecular weight is 423 g/mol.